The number of aliphatic hydroxyl groups is 1. The maximum Gasteiger partial charge on any atom is 0.333 e. The lowest BCUT2D eigenvalue weighted by molar-refractivity contribution is -0.123. The van der Waals surface area contributed by atoms with Gasteiger partial charge in [-0.1, -0.05) is 11.6 Å². The number of amides is 2. The molecule has 236 valence electrons. The third kappa shape index (κ3) is 5.11. The number of hydrogen-bond donors (Lipinski definition) is 3. The van der Waals surface area contributed by atoms with Crippen molar-refractivity contribution in [2.24, 2.45) is 11.7 Å². The number of nitrogens with one attached hydrogen (secondary N) is 1. The van der Waals surface area contributed by atoms with Crippen LogP contribution in [0.25, 0.3) is 22.2 Å². The molecule has 2 aromatic heterocycles. The van der Waals surface area contributed by atoms with E-state index in [4.69, 9.17) is 26.8 Å². The molecule has 1 fully saturated rings. The first kappa shape index (κ1) is 30.6. The van der Waals surface area contributed by atoms with E-state index >= 15 is 4.39 Å². The Hall–Kier alpha value is -4.43. The number of aromatic nitrogens is 3. The lowest BCUT2D eigenvalue weighted by atomic mass is 9.81. The molecule has 0 spiro atoms. The third-order valence-corrected chi connectivity index (χ3v) is 8.66. The molecule has 15 heteroatoms. The van der Waals surface area contributed by atoms with E-state index in [0.29, 0.717) is 23.6 Å². The van der Waals surface area contributed by atoms with E-state index < -0.39 is 41.0 Å². The van der Waals surface area contributed by atoms with Crippen LogP contribution < -0.4 is 20.5 Å². The van der Waals surface area contributed by atoms with Crippen LogP contribution in [0, 0.1) is 17.6 Å². The number of halogens is 5. The van der Waals surface area contributed by atoms with Crippen LogP contribution in [-0.2, 0) is 15.8 Å². The fourth-order valence-corrected chi connectivity index (χ4v) is 5.69. The van der Waals surface area contributed by atoms with Gasteiger partial charge in [-0.3, -0.25) is 9.59 Å². The van der Waals surface area contributed by atoms with Gasteiger partial charge in [0.05, 0.1) is 24.4 Å². The molecule has 0 saturated heterocycles. The number of pyridine rings is 1. The lowest BCUT2D eigenvalue weighted by Crippen LogP contribution is -2.44. The molecular weight excluding hydrogens is 622 g/mol. The number of primary amides is 1. The maximum absolute atomic E-state index is 15.1. The number of hydrogen-bond acceptors (Lipinski definition) is 7. The van der Waals surface area contributed by atoms with E-state index in [1.807, 2.05) is 0 Å². The summed E-state index contributed by atoms with van der Waals surface area (Å²) >= 11 is 5.97. The molecule has 45 heavy (non-hydrogen) atoms. The standard InChI is InChI=1S/C30H26ClF4N5O5/c1-29(27(36)42)12-45-25-17(29)8-22(38-24(25)16-7-18(31)20(33)9-19(16)32)30(43,15-3-4-15)11-37-26(41)13-5-14-10-40(28(34)35)39-23(14)21(6-13)44-2/h5-10,15,28,43H,3-4,11-12H2,1-2H3,(H2,36,42)(H,37,41)/t29-,30?/m0/s1. The van der Waals surface area contributed by atoms with E-state index in [-0.39, 0.29) is 74.6 Å². The average Bonchev–Trinajstić information content (AvgIpc) is 3.68. The first-order chi connectivity index (χ1) is 21.3. The molecule has 2 amide bonds. The minimum atomic E-state index is -2.90. The number of benzene rings is 2. The van der Waals surface area contributed by atoms with Crippen LogP contribution >= 0.6 is 11.6 Å². The summed E-state index contributed by atoms with van der Waals surface area (Å²) in [5, 5.41) is 18.4. The molecule has 3 heterocycles. The molecule has 2 aromatic carbocycles. The molecule has 1 saturated carbocycles. The molecule has 0 radical (unpaired) electrons. The van der Waals surface area contributed by atoms with Crippen LogP contribution in [0.1, 0.15) is 47.9 Å². The van der Waals surface area contributed by atoms with Gasteiger partial charge in [0, 0.05) is 34.3 Å². The number of nitrogens with zero attached hydrogens (tertiary/aromatic N) is 3. The summed E-state index contributed by atoms with van der Waals surface area (Å²) in [6, 6.07) is 5.75. The highest BCUT2D eigenvalue weighted by atomic mass is 35.5. The zero-order valence-corrected chi connectivity index (χ0v) is 24.6. The van der Waals surface area contributed by atoms with Crippen LogP contribution in [0.3, 0.4) is 0 Å². The molecule has 6 rings (SSSR count). The Balaban J connectivity index is 1.41. The second-order valence-corrected chi connectivity index (χ2v) is 11.8. The Morgan fingerprint density at radius 3 is 2.62 bits per heavy atom. The quantitative estimate of drug-likeness (QED) is 0.178. The number of carbonyl (C=O) groups excluding carboxylic acids is 2. The highest BCUT2D eigenvalue weighted by Crippen LogP contribution is 2.50. The monoisotopic (exact) mass is 647 g/mol. The second kappa shape index (κ2) is 10.9. The van der Waals surface area contributed by atoms with E-state index in [9.17, 15) is 27.9 Å². The summed E-state index contributed by atoms with van der Waals surface area (Å²) in [5.74, 6) is -3.70. The fraction of sp³-hybridized carbons (Fsp3) is 0.333. The number of alkyl halides is 2. The van der Waals surface area contributed by atoms with Crippen molar-refractivity contribution in [2.45, 2.75) is 37.3 Å². The van der Waals surface area contributed by atoms with Gasteiger partial charge in [0.2, 0.25) is 5.91 Å². The van der Waals surface area contributed by atoms with Crippen LogP contribution in [0.4, 0.5) is 17.6 Å². The Morgan fingerprint density at radius 1 is 1.24 bits per heavy atom. The SMILES string of the molecule is COc1cc(C(=O)NCC(O)(c2cc3c(c(-c4cc(Cl)c(F)cc4F)n2)OC[C@]3(C)C(N)=O)C2CC2)cc2cn(C(F)F)nc12. The highest BCUT2D eigenvalue weighted by Gasteiger charge is 2.50. The zero-order chi connectivity index (χ0) is 32.4. The average molecular weight is 648 g/mol. The van der Waals surface area contributed by atoms with Gasteiger partial charge < -0.3 is 25.6 Å². The summed E-state index contributed by atoms with van der Waals surface area (Å²) in [4.78, 5) is 30.4. The van der Waals surface area contributed by atoms with Crippen LogP contribution in [0.2, 0.25) is 5.02 Å². The number of carbonyl (C=O) groups is 2. The van der Waals surface area contributed by atoms with Gasteiger partial charge in [-0.05, 0) is 49.9 Å². The van der Waals surface area contributed by atoms with Crippen molar-refractivity contribution < 1.29 is 41.7 Å². The molecule has 2 atom stereocenters. The number of fused-ring (bicyclic) bond motifs is 2. The molecule has 2 aliphatic rings. The lowest BCUT2D eigenvalue weighted by Gasteiger charge is -2.30. The minimum absolute atomic E-state index is 0.0110. The fourth-order valence-electron chi connectivity index (χ4n) is 5.53. The van der Waals surface area contributed by atoms with E-state index in [2.05, 4.69) is 15.4 Å². The number of ether oxygens (including phenoxy) is 2. The molecule has 1 unspecified atom stereocenters. The van der Waals surface area contributed by atoms with Gasteiger partial charge >= 0.3 is 6.55 Å². The summed E-state index contributed by atoms with van der Waals surface area (Å²) in [6.45, 7) is -1.95. The van der Waals surface area contributed by atoms with Gasteiger partial charge in [0.15, 0.2) is 0 Å². The predicted molar refractivity (Wildman–Crippen MR) is 153 cm³/mol. The normalized spacial score (nSPS) is 18.9. The van der Waals surface area contributed by atoms with Gasteiger partial charge in [0.25, 0.3) is 5.91 Å². The molecule has 0 bridgehead atoms. The van der Waals surface area contributed by atoms with Gasteiger partial charge in [-0.15, -0.1) is 0 Å². The largest absolute Gasteiger partial charge is 0.494 e. The summed E-state index contributed by atoms with van der Waals surface area (Å²) in [7, 11) is 1.31. The van der Waals surface area contributed by atoms with E-state index in [0.717, 1.165) is 12.3 Å². The molecule has 4 N–H and O–H groups in total. The second-order valence-electron chi connectivity index (χ2n) is 11.3. The number of methoxy groups -OCH3 is 1. The van der Waals surface area contributed by atoms with Crippen molar-refractivity contribution in [1.82, 2.24) is 20.1 Å². The van der Waals surface area contributed by atoms with Crippen molar-refractivity contribution in [2.75, 3.05) is 20.3 Å². The van der Waals surface area contributed by atoms with Gasteiger partial charge in [-0.2, -0.15) is 13.9 Å². The van der Waals surface area contributed by atoms with E-state index in [1.54, 1.807) is 0 Å². The molecule has 4 aromatic rings. The Kier molecular flexibility index (Phi) is 7.39. The van der Waals surface area contributed by atoms with Crippen molar-refractivity contribution in [3.8, 4) is 22.8 Å². The predicted octanol–water partition coefficient (Wildman–Crippen LogP) is 4.60. The van der Waals surface area contributed by atoms with Gasteiger partial charge in [-0.25, -0.2) is 18.4 Å². The highest BCUT2D eigenvalue weighted by molar-refractivity contribution is 6.31. The first-order valence-corrected chi connectivity index (χ1v) is 14.1. The minimum Gasteiger partial charge on any atom is -0.494 e. The van der Waals surface area contributed by atoms with Crippen LogP contribution in [-0.4, -0.2) is 51.9 Å². The number of rotatable bonds is 9. The molecule has 1 aliphatic carbocycles. The maximum atomic E-state index is 15.1. The third-order valence-electron chi connectivity index (χ3n) is 8.37. The van der Waals surface area contributed by atoms with Crippen molar-refractivity contribution >= 4 is 34.3 Å². The van der Waals surface area contributed by atoms with Crippen molar-refractivity contribution in [3.63, 3.8) is 0 Å². The summed E-state index contributed by atoms with van der Waals surface area (Å²) < 4.78 is 67.1. The van der Waals surface area contributed by atoms with Crippen LogP contribution in [0.5, 0.6) is 11.5 Å². The zero-order valence-electron chi connectivity index (χ0n) is 23.8. The Morgan fingerprint density at radius 2 is 1.98 bits per heavy atom. The number of nitrogens with two attached hydrogens (primary N) is 1. The van der Waals surface area contributed by atoms with Crippen molar-refractivity contribution in [3.05, 3.63) is 70.0 Å². The molecule has 10 nitrogen and oxygen atoms in total. The topological polar surface area (TPSA) is 142 Å². The first-order valence-electron chi connectivity index (χ1n) is 13.8. The Bertz CT molecular complexity index is 1880. The molecule has 1 aliphatic heterocycles. The summed E-state index contributed by atoms with van der Waals surface area (Å²) in [6.07, 6.45) is 2.20. The van der Waals surface area contributed by atoms with E-state index in [1.165, 1.54) is 32.2 Å². The van der Waals surface area contributed by atoms with Crippen molar-refractivity contribution in [1.29, 1.82) is 0 Å². The smallest absolute Gasteiger partial charge is 0.333 e. The van der Waals surface area contributed by atoms with Crippen LogP contribution in [0.15, 0.2) is 36.5 Å². The summed E-state index contributed by atoms with van der Waals surface area (Å²) in [5.41, 5.74) is 2.54. The Labute approximate surface area is 258 Å². The van der Waals surface area contributed by atoms with Gasteiger partial charge in [0.1, 0.15) is 52.0 Å². The molecular formula is C30H26ClF4N5O5.